The Morgan fingerprint density at radius 2 is 2.20 bits per heavy atom. The number of carbonyl (C=O) groups is 1. The van der Waals surface area contributed by atoms with E-state index < -0.39 is 0 Å². The number of benzene rings is 1. The summed E-state index contributed by atoms with van der Waals surface area (Å²) in [6.07, 6.45) is 1.67. The van der Waals surface area contributed by atoms with Gasteiger partial charge in [0.05, 0.1) is 6.42 Å². The Hall–Kier alpha value is -2.87. The molecule has 0 radical (unpaired) electrons. The molecule has 2 aromatic rings. The monoisotopic (exact) mass is 267 g/mol. The fourth-order valence-electron chi connectivity index (χ4n) is 1.73. The van der Waals surface area contributed by atoms with Crippen LogP contribution in [-0.4, -0.2) is 11.0 Å². The summed E-state index contributed by atoms with van der Waals surface area (Å²) >= 11 is 0. The predicted molar refractivity (Wildman–Crippen MR) is 73.3 cm³/mol. The van der Waals surface area contributed by atoms with Crippen molar-refractivity contribution < 1.29 is 9.53 Å². The van der Waals surface area contributed by atoms with Gasteiger partial charge in [0.15, 0.2) is 0 Å². The summed E-state index contributed by atoms with van der Waals surface area (Å²) in [5.74, 6) is -0.372. The van der Waals surface area contributed by atoms with E-state index in [1.807, 2.05) is 12.1 Å². The van der Waals surface area contributed by atoms with Crippen LogP contribution in [0.4, 0.5) is 5.69 Å². The first-order chi connectivity index (χ1) is 9.69. The highest BCUT2D eigenvalue weighted by molar-refractivity contribution is 5.73. The number of rotatable bonds is 4. The molecule has 0 spiro atoms. The van der Waals surface area contributed by atoms with Gasteiger partial charge < -0.3 is 10.5 Å². The third-order valence-corrected chi connectivity index (χ3v) is 2.69. The van der Waals surface area contributed by atoms with Crippen molar-refractivity contribution in [3.63, 3.8) is 0 Å². The number of hydrogen-bond donors (Lipinski definition) is 1. The van der Waals surface area contributed by atoms with Crippen LogP contribution in [0.3, 0.4) is 0 Å². The fourth-order valence-corrected chi connectivity index (χ4v) is 1.73. The molecule has 1 heterocycles. The maximum atomic E-state index is 11.7. The molecule has 0 aliphatic rings. The van der Waals surface area contributed by atoms with Crippen LogP contribution < -0.4 is 5.73 Å². The molecule has 5 heteroatoms. The van der Waals surface area contributed by atoms with E-state index in [-0.39, 0.29) is 24.7 Å². The van der Waals surface area contributed by atoms with Crippen LogP contribution in [0.5, 0.6) is 0 Å². The van der Waals surface area contributed by atoms with Crippen LogP contribution in [0.15, 0.2) is 42.6 Å². The minimum absolute atomic E-state index is 0.0396. The molecule has 0 saturated carbocycles. The van der Waals surface area contributed by atoms with E-state index in [1.165, 1.54) is 6.20 Å². The molecule has 1 aromatic heterocycles. The zero-order chi connectivity index (χ0) is 14.4. The van der Waals surface area contributed by atoms with E-state index in [0.717, 1.165) is 5.56 Å². The maximum Gasteiger partial charge on any atom is 0.310 e. The van der Waals surface area contributed by atoms with Gasteiger partial charge in [-0.2, -0.15) is 5.26 Å². The Morgan fingerprint density at radius 1 is 1.35 bits per heavy atom. The molecule has 100 valence electrons. The third-order valence-electron chi connectivity index (χ3n) is 2.69. The van der Waals surface area contributed by atoms with Gasteiger partial charge in [0.25, 0.3) is 0 Å². The first kappa shape index (κ1) is 13.6. The number of ether oxygens (including phenoxy) is 1. The Morgan fingerprint density at radius 3 is 2.95 bits per heavy atom. The van der Waals surface area contributed by atoms with Crippen molar-refractivity contribution in [1.29, 1.82) is 5.26 Å². The second-order valence-electron chi connectivity index (χ2n) is 4.21. The number of nitrogens with zero attached hydrogens (tertiary/aromatic N) is 2. The van der Waals surface area contributed by atoms with Crippen LogP contribution in [0, 0.1) is 11.3 Å². The minimum Gasteiger partial charge on any atom is -0.460 e. The van der Waals surface area contributed by atoms with E-state index in [4.69, 9.17) is 15.7 Å². The van der Waals surface area contributed by atoms with Crippen molar-refractivity contribution >= 4 is 11.7 Å². The SMILES string of the molecule is N#Cc1ncccc1COC(=O)Cc1cccc(N)c1. The van der Waals surface area contributed by atoms with Gasteiger partial charge in [-0.1, -0.05) is 18.2 Å². The highest BCUT2D eigenvalue weighted by Gasteiger charge is 2.08. The largest absolute Gasteiger partial charge is 0.460 e. The van der Waals surface area contributed by atoms with E-state index in [2.05, 4.69) is 4.98 Å². The zero-order valence-electron chi connectivity index (χ0n) is 10.7. The second kappa shape index (κ2) is 6.34. The van der Waals surface area contributed by atoms with E-state index in [9.17, 15) is 4.79 Å². The summed E-state index contributed by atoms with van der Waals surface area (Å²) < 4.78 is 5.14. The Bertz CT molecular complexity index is 662. The number of hydrogen-bond acceptors (Lipinski definition) is 5. The predicted octanol–water partition coefficient (Wildman–Crippen LogP) is 1.82. The molecule has 2 rings (SSSR count). The highest BCUT2D eigenvalue weighted by Crippen LogP contribution is 2.10. The molecule has 0 fully saturated rings. The lowest BCUT2D eigenvalue weighted by atomic mass is 10.1. The number of nitrogens with two attached hydrogens (primary N) is 1. The summed E-state index contributed by atoms with van der Waals surface area (Å²) in [4.78, 5) is 15.6. The molecule has 0 saturated heterocycles. The van der Waals surface area contributed by atoms with Crippen molar-refractivity contribution in [3.05, 3.63) is 59.4 Å². The average molecular weight is 267 g/mol. The van der Waals surface area contributed by atoms with Crippen LogP contribution >= 0.6 is 0 Å². The smallest absolute Gasteiger partial charge is 0.310 e. The van der Waals surface area contributed by atoms with Gasteiger partial charge in [-0.3, -0.25) is 4.79 Å². The van der Waals surface area contributed by atoms with Crippen molar-refractivity contribution in [1.82, 2.24) is 4.98 Å². The topological polar surface area (TPSA) is 89.0 Å². The van der Waals surface area contributed by atoms with Gasteiger partial charge in [0.1, 0.15) is 18.4 Å². The molecule has 0 amide bonds. The molecule has 0 atom stereocenters. The van der Waals surface area contributed by atoms with E-state index in [1.54, 1.807) is 30.3 Å². The van der Waals surface area contributed by atoms with Crippen molar-refractivity contribution in [2.24, 2.45) is 0 Å². The molecule has 0 unspecified atom stereocenters. The summed E-state index contributed by atoms with van der Waals surface area (Å²) in [5.41, 5.74) is 7.90. The van der Waals surface area contributed by atoms with Crippen LogP contribution in [-0.2, 0) is 22.6 Å². The third kappa shape index (κ3) is 3.56. The Balaban J connectivity index is 1.94. The van der Waals surface area contributed by atoms with Crippen LogP contribution in [0.25, 0.3) is 0 Å². The number of nitrogen functional groups attached to an aromatic ring is 1. The maximum absolute atomic E-state index is 11.7. The standard InChI is InChI=1S/C15H13N3O2/c16-9-14-12(4-2-6-18-14)10-20-15(19)8-11-3-1-5-13(17)7-11/h1-7H,8,10,17H2. The molecule has 5 nitrogen and oxygen atoms in total. The average Bonchev–Trinajstić information content (AvgIpc) is 2.45. The summed E-state index contributed by atoms with van der Waals surface area (Å²) in [6.45, 7) is 0.0396. The highest BCUT2D eigenvalue weighted by atomic mass is 16.5. The molecule has 20 heavy (non-hydrogen) atoms. The summed E-state index contributed by atoms with van der Waals surface area (Å²) in [5, 5.41) is 8.88. The number of anilines is 1. The molecule has 2 N–H and O–H groups in total. The quantitative estimate of drug-likeness (QED) is 0.674. The normalized spacial score (nSPS) is 9.75. The summed E-state index contributed by atoms with van der Waals surface area (Å²) in [6, 6.07) is 12.4. The Labute approximate surface area is 116 Å². The molecule has 1 aromatic carbocycles. The fraction of sp³-hybridized carbons (Fsp3) is 0.133. The van der Waals surface area contributed by atoms with Crippen molar-refractivity contribution in [2.45, 2.75) is 13.0 Å². The van der Waals surface area contributed by atoms with Crippen molar-refractivity contribution in [3.8, 4) is 6.07 Å². The van der Waals surface area contributed by atoms with Crippen molar-refractivity contribution in [2.75, 3.05) is 5.73 Å². The first-order valence-electron chi connectivity index (χ1n) is 6.03. The molecular formula is C15H13N3O2. The number of aromatic nitrogens is 1. The lowest BCUT2D eigenvalue weighted by molar-refractivity contribution is -0.144. The number of esters is 1. The molecule has 0 bridgehead atoms. The van der Waals surface area contributed by atoms with E-state index >= 15 is 0 Å². The number of carbonyl (C=O) groups excluding carboxylic acids is 1. The minimum atomic E-state index is -0.372. The lowest BCUT2D eigenvalue weighted by Crippen LogP contribution is -2.09. The van der Waals surface area contributed by atoms with Crippen LogP contribution in [0.1, 0.15) is 16.8 Å². The lowest BCUT2D eigenvalue weighted by Gasteiger charge is -2.06. The first-order valence-corrected chi connectivity index (χ1v) is 6.03. The second-order valence-corrected chi connectivity index (χ2v) is 4.21. The molecular weight excluding hydrogens is 254 g/mol. The molecule has 0 aliphatic heterocycles. The van der Waals surface area contributed by atoms with Gasteiger partial charge in [0.2, 0.25) is 0 Å². The zero-order valence-corrected chi connectivity index (χ0v) is 10.7. The van der Waals surface area contributed by atoms with Crippen LogP contribution in [0.2, 0.25) is 0 Å². The van der Waals surface area contributed by atoms with Gasteiger partial charge in [0, 0.05) is 17.4 Å². The number of nitriles is 1. The number of pyridine rings is 1. The van der Waals surface area contributed by atoms with Gasteiger partial charge in [-0.25, -0.2) is 4.98 Å². The van der Waals surface area contributed by atoms with E-state index in [0.29, 0.717) is 11.3 Å². The van der Waals surface area contributed by atoms with Gasteiger partial charge >= 0.3 is 5.97 Å². The summed E-state index contributed by atoms with van der Waals surface area (Å²) in [7, 11) is 0. The molecule has 0 aliphatic carbocycles. The van der Waals surface area contributed by atoms with Gasteiger partial charge in [-0.05, 0) is 23.8 Å². The van der Waals surface area contributed by atoms with Gasteiger partial charge in [-0.15, -0.1) is 0 Å². The Kier molecular flexibility index (Phi) is 4.30.